The van der Waals surface area contributed by atoms with Gasteiger partial charge >= 0.3 is 0 Å². The zero-order valence-corrected chi connectivity index (χ0v) is 28.4. The van der Waals surface area contributed by atoms with E-state index in [0.717, 1.165) is 60.0 Å². The maximum atomic E-state index is 9.83. The van der Waals surface area contributed by atoms with Gasteiger partial charge in [-0.3, -0.25) is 0 Å². The number of furan rings is 1. The molecule has 0 aliphatic heterocycles. The van der Waals surface area contributed by atoms with Gasteiger partial charge in [0.05, 0.1) is 8.22 Å². The highest BCUT2D eigenvalue weighted by atomic mass is 16.3. The summed E-state index contributed by atoms with van der Waals surface area (Å²) >= 11 is 0. The Balaban J connectivity index is 1.18. The Kier molecular flexibility index (Phi) is 5.40. The zero-order valence-electron chi connectivity index (χ0n) is 34.4. The maximum Gasteiger partial charge on any atom is 0.136 e. The molecule has 1 heterocycles. The van der Waals surface area contributed by atoms with Crippen molar-refractivity contribution in [3.05, 3.63) is 194 Å². The number of hydrogen-bond donors (Lipinski definition) is 0. The molecule has 0 N–H and O–H groups in total. The monoisotopic (exact) mass is 678 g/mol. The van der Waals surface area contributed by atoms with Crippen molar-refractivity contribution < 1.29 is 12.6 Å². The van der Waals surface area contributed by atoms with Crippen LogP contribution in [0.15, 0.2) is 198 Å². The van der Waals surface area contributed by atoms with Crippen LogP contribution in [0.5, 0.6) is 0 Å². The topological polar surface area (TPSA) is 13.1 Å². The third-order valence-electron chi connectivity index (χ3n) is 10.6. The Labute approximate surface area is 315 Å². The van der Waals surface area contributed by atoms with Crippen LogP contribution in [0.1, 0.15) is 8.22 Å². The number of fused-ring (bicyclic) bond motifs is 7. The van der Waals surface area contributed by atoms with E-state index in [1.165, 1.54) is 5.39 Å². The molecule has 53 heavy (non-hydrogen) atoms. The van der Waals surface area contributed by atoms with Crippen molar-refractivity contribution >= 4 is 65.0 Å². The molecule has 246 valence electrons. The lowest BCUT2D eigenvalue weighted by molar-refractivity contribution is 0.669. The Morgan fingerprint density at radius 3 is 1.66 bits per heavy atom. The first-order valence-corrected chi connectivity index (χ1v) is 17.8. The van der Waals surface area contributed by atoms with Crippen molar-refractivity contribution in [2.45, 2.75) is 0 Å². The van der Waals surface area contributed by atoms with Crippen molar-refractivity contribution in [1.29, 1.82) is 0 Å². The Bertz CT molecular complexity index is 3510. The highest BCUT2D eigenvalue weighted by Gasteiger charge is 2.19. The van der Waals surface area contributed by atoms with Crippen LogP contribution in [0.4, 0.5) is 0 Å². The molecule has 1 nitrogen and oxygen atoms in total. The Morgan fingerprint density at radius 2 is 0.906 bits per heavy atom. The fourth-order valence-corrected chi connectivity index (χ4v) is 8.14. The van der Waals surface area contributed by atoms with E-state index in [2.05, 4.69) is 60.7 Å². The summed E-state index contributed by atoms with van der Waals surface area (Å²) in [6.07, 6.45) is 0. The summed E-state index contributed by atoms with van der Waals surface area (Å²) < 4.78 is 62.5. The molecule has 1 aromatic heterocycles. The van der Waals surface area contributed by atoms with E-state index in [1.54, 1.807) is 0 Å². The minimum atomic E-state index is -0.392. The lowest BCUT2D eigenvalue weighted by atomic mass is 9.84. The quantitative estimate of drug-likeness (QED) is 0.169. The summed E-state index contributed by atoms with van der Waals surface area (Å²) in [5.41, 5.74) is 7.32. The van der Waals surface area contributed by atoms with Crippen LogP contribution >= 0.6 is 0 Å². The van der Waals surface area contributed by atoms with Crippen molar-refractivity contribution in [1.82, 2.24) is 0 Å². The van der Waals surface area contributed by atoms with Crippen LogP contribution in [-0.4, -0.2) is 0 Å². The third-order valence-corrected chi connectivity index (χ3v) is 10.6. The summed E-state index contributed by atoms with van der Waals surface area (Å²) in [6, 6.07) is 51.0. The van der Waals surface area contributed by atoms with Gasteiger partial charge in [-0.15, -0.1) is 0 Å². The van der Waals surface area contributed by atoms with Gasteiger partial charge in [0.1, 0.15) is 11.2 Å². The van der Waals surface area contributed by atoms with Gasteiger partial charge in [-0.05, 0) is 118 Å². The van der Waals surface area contributed by atoms with E-state index in [1.807, 2.05) is 97.1 Å². The van der Waals surface area contributed by atoms with Gasteiger partial charge < -0.3 is 4.42 Å². The second kappa shape index (κ2) is 11.8. The average molecular weight is 679 g/mol. The van der Waals surface area contributed by atoms with Crippen molar-refractivity contribution in [2.24, 2.45) is 0 Å². The van der Waals surface area contributed by atoms with Gasteiger partial charge in [-0.1, -0.05) is 164 Å². The molecule has 10 aromatic carbocycles. The fourth-order valence-electron chi connectivity index (χ4n) is 8.14. The summed E-state index contributed by atoms with van der Waals surface area (Å²) in [7, 11) is 0. The molecule has 0 aliphatic carbocycles. The molecule has 0 atom stereocenters. The minimum absolute atomic E-state index is 0.113. The summed E-state index contributed by atoms with van der Waals surface area (Å²) in [6.45, 7) is 0. The maximum absolute atomic E-state index is 9.83. The van der Waals surface area contributed by atoms with E-state index in [9.17, 15) is 5.48 Å². The Hall–Kier alpha value is -6.96. The van der Waals surface area contributed by atoms with Crippen molar-refractivity contribution in [3.63, 3.8) is 0 Å². The SMILES string of the molecule is [2H]c1c([2H])c([2H])c2c(-c3c4ccccc4c(-c4ccccc4)c4ccccc34)c([2H])c([2H])c(-c3ccc4oc5cc(-c6ccc7ccccc7c6)ccc5c4c3)c2c1[2H]. The number of rotatable bonds is 4. The molecule has 0 aliphatic rings. The second-order valence-corrected chi connectivity index (χ2v) is 13.5. The third kappa shape index (κ3) is 4.71. The normalized spacial score (nSPS) is 13.4. The molecule has 0 saturated heterocycles. The van der Waals surface area contributed by atoms with Crippen molar-refractivity contribution in [2.75, 3.05) is 0 Å². The summed E-state index contributed by atoms with van der Waals surface area (Å²) in [5.74, 6) is 0. The summed E-state index contributed by atoms with van der Waals surface area (Å²) in [5, 5.41) is 7.97. The van der Waals surface area contributed by atoms with E-state index < -0.39 is 6.04 Å². The van der Waals surface area contributed by atoms with Gasteiger partial charge in [0.2, 0.25) is 0 Å². The largest absolute Gasteiger partial charge is 0.456 e. The minimum Gasteiger partial charge on any atom is -0.456 e. The van der Waals surface area contributed by atoms with Crippen LogP contribution in [0.25, 0.3) is 110 Å². The molecule has 11 aromatic rings. The smallest absolute Gasteiger partial charge is 0.136 e. The predicted octanol–water partition coefficient (Wildman–Crippen LogP) is 14.9. The van der Waals surface area contributed by atoms with Gasteiger partial charge in [-0.2, -0.15) is 0 Å². The molecule has 0 fully saturated rings. The van der Waals surface area contributed by atoms with Crippen molar-refractivity contribution in [3.8, 4) is 44.5 Å². The molecule has 1 heteroatoms. The highest BCUT2D eigenvalue weighted by Crippen LogP contribution is 2.46. The number of hydrogen-bond acceptors (Lipinski definition) is 1. The van der Waals surface area contributed by atoms with E-state index in [0.29, 0.717) is 27.9 Å². The van der Waals surface area contributed by atoms with Gasteiger partial charge in [0, 0.05) is 10.8 Å². The van der Waals surface area contributed by atoms with Gasteiger partial charge in [0.25, 0.3) is 0 Å². The first-order valence-electron chi connectivity index (χ1n) is 20.8. The summed E-state index contributed by atoms with van der Waals surface area (Å²) in [4.78, 5) is 0. The van der Waals surface area contributed by atoms with E-state index >= 15 is 0 Å². The molecule has 0 saturated carbocycles. The first-order chi connectivity index (χ1) is 28.8. The number of benzene rings is 10. The average Bonchev–Trinajstić information content (AvgIpc) is 3.65. The Morgan fingerprint density at radius 1 is 0.321 bits per heavy atom. The van der Waals surface area contributed by atoms with Gasteiger partial charge in [-0.25, -0.2) is 0 Å². The van der Waals surface area contributed by atoms with Crippen LogP contribution in [-0.2, 0) is 0 Å². The molecule has 0 spiro atoms. The molecule has 0 amide bonds. The van der Waals surface area contributed by atoms with Crippen LogP contribution < -0.4 is 0 Å². The van der Waals surface area contributed by atoms with Gasteiger partial charge in [0.15, 0.2) is 0 Å². The zero-order chi connectivity index (χ0) is 40.1. The van der Waals surface area contributed by atoms with Crippen LogP contribution in [0, 0.1) is 0 Å². The first kappa shape index (κ1) is 24.3. The molecule has 11 rings (SSSR count). The molecular formula is C52H32O. The van der Waals surface area contributed by atoms with Crippen LogP contribution in [0.2, 0.25) is 0 Å². The van der Waals surface area contributed by atoms with E-state index in [4.69, 9.17) is 7.16 Å². The lowest BCUT2D eigenvalue weighted by Crippen LogP contribution is -1.92. The molecule has 0 bridgehead atoms. The molecule has 0 radical (unpaired) electrons. The lowest BCUT2D eigenvalue weighted by Gasteiger charge is -2.19. The second-order valence-electron chi connectivity index (χ2n) is 13.5. The highest BCUT2D eigenvalue weighted by molar-refractivity contribution is 6.24. The molecule has 0 unspecified atom stereocenters. The standard InChI is InChI=1S/C52H32O/c1-2-13-34(14-3-1)51-43-18-8-10-20-45(43)52(46-21-11-9-19-44(46)51)47-28-27-39(40-16-6-7-17-41(40)47)38-25-29-49-48(31-38)42-26-24-37(32-50(42)53-49)36-23-22-33-12-4-5-15-35(33)30-36/h1-32H/i6D,7D,16D,17D,27D,28D. The molecular weight excluding hydrogens is 641 g/mol. The predicted molar refractivity (Wildman–Crippen MR) is 225 cm³/mol. The van der Waals surface area contributed by atoms with E-state index in [-0.39, 0.29) is 46.5 Å². The fraction of sp³-hybridized carbons (Fsp3) is 0. The van der Waals surface area contributed by atoms with Crippen LogP contribution in [0.3, 0.4) is 0 Å².